The Morgan fingerprint density at radius 3 is 3.12 bits per heavy atom. The van der Waals surface area contributed by atoms with Crippen molar-refractivity contribution in [3.05, 3.63) is 29.7 Å². The molecule has 0 aromatic carbocycles. The predicted octanol–water partition coefficient (Wildman–Crippen LogP) is 2.37. The summed E-state index contributed by atoms with van der Waals surface area (Å²) < 4.78 is 5.26. The Hall–Kier alpha value is -2.97. The molecule has 1 aliphatic rings. The average Bonchev–Trinajstić information content (AvgIpc) is 3.21. The average molecular weight is 341 g/mol. The van der Waals surface area contributed by atoms with Gasteiger partial charge in [-0.15, -0.1) is 0 Å². The van der Waals surface area contributed by atoms with Gasteiger partial charge in [-0.3, -0.25) is 5.10 Å². The third-order valence-corrected chi connectivity index (χ3v) is 4.45. The third kappa shape index (κ3) is 3.04. The second kappa shape index (κ2) is 6.15. The number of aryl methyl sites for hydroxylation is 2. The molecule has 130 valence electrons. The van der Waals surface area contributed by atoms with Crippen LogP contribution in [0.4, 0.5) is 10.5 Å². The number of hydrogen-bond donors (Lipinski definition) is 2. The molecule has 0 saturated carbocycles. The topological polar surface area (TPSA) is 113 Å². The Kier molecular flexibility index (Phi) is 3.83. The minimum atomic E-state index is -0.150. The molecule has 4 heterocycles. The van der Waals surface area contributed by atoms with E-state index in [2.05, 4.69) is 30.6 Å². The van der Waals surface area contributed by atoms with Gasteiger partial charge in [0.1, 0.15) is 0 Å². The number of H-pyrrole nitrogens is 1. The highest BCUT2D eigenvalue weighted by atomic mass is 16.5. The van der Waals surface area contributed by atoms with Gasteiger partial charge < -0.3 is 14.7 Å². The van der Waals surface area contributed by atoms with E-state index >= 15 is 0 Å². The maximum absolute atomic E-state index is 12.6. The van der Waals surface area contributed by atoms with E-state index in [4.69, 9.17) is 4.52 Å². The van der Waals surface area contributed by atoms with Gasteiger partial charge in [0.25, 0.3) is 0 Å². The molecule has 1 saturated heterocycles. The molecule has 25 heavy (non-hydrogen) atoms. The molecular weight excluding hydrogens is 322 g/mol. The van der Waals surface area contributed by atoms with Gasteiger partial charge in [-0.2, -0.15) is 10.1 Å². The molecule has 4 rings (SSSR count). The van der Waals surface area contributed by atoms with E-state index in [1.807, 2.05) is 13.0 Å². The fraction of sp³-hybridized carbons (Fsp3) is 0.438. The lowest BCUT2D eigenvalue weighted by molar-refractivity contribution is 0.184. The molecule has 1 atom stereocenters. The van der Waals surface area contributed by atoms with Crippen LogP contribution in [-0.2, 0) is 0 Å². The highest BCUT2D eigenvalue weighted by Gasteiger charge is 2.28. The number of hydrogen-bond acceptors (Lipinski definition) is 6. The number of aromatic amines is 1. The monoisotopic (exact) mass is 341 g/mol. The molecule has 2 N–H and O–H groups in total. The van der Waals surface area contributed by atoms with Crippen LogP contribution >= 0.6 is 0 Å². The summed E-state index contributed by atoms with van der Waals surface area (Å²) in [5, 5.41) is 14.6. The van der Waals surface area contributed by atoms with Gasteiger partial charge in [0.15, 0.2) is 11.5 Å². The number of nitrogens with zero attached hydrogens (tertiary/aromatic N) is 5. The van der Waals surface area contributed by atoms with Crippen molar-refractivity contribution in [2.24, 2.45) is 0 Å². The number of nitrogens with one attached hydrogen (secondary N) is 2. The molecule has 0 spiro atoms. The molecule has 2 amide bonds. The fourth-order valence-corrected chi connectivity index (χ4v) is 3.13. The van der Waals surface area contributed by atoms with Gasteiger partial charge in [-0.05, 0) is 32.8 Å². The van der Waals surface area contributed by atoms with Crippen LogP contribution in [0.15, 0.2) is 16.8 Å². The lowest BCUT2D eigenvalue weighted by Crippen LogP contribution is -2.41. The normalized spacial score (nSPS) is 17.8. The van der Waals surface area contributed by atoms with Crippen LogP contribution in [-0.4, -0.2) is 49.3 Å². The van der Waals surface area contributed by atoms with Crippen LogP contribution in [0.1, 0.15) is 36.2 Å². The van der Waals surface area contributed by atoms with Gasteiger partial charge in [0, 0.05) is 24.2 Å². The van der Waals surface area contributed by atoms with Crippen molar-refractivity contribution < 1.29 is 9.32 Å². The quantitative estimate of drug-likeness (QED) is 0.740. The van der Waals surface area contributed by atoms with Crippen LogP contribution in [0, 0.1) is 13.8 Å². The van der Waals surface area contributed by atoms with Crippen molar-refractivity contribution in [3.63, 3.8) is 0 Å². The van der Waals surface area contributed by atoms with Crippen molar-refractivity contribution in [1.29, 1.82) is 0 Å². The van der Waals surface area contributed by atoms with Crippen LogP contribution in [0.2, 0.25) is 0 Å². The minimum absolute atomic E-state index is 0.0809. The van der Waals surface area contributed by atoms with E-state index in [-0.39, 0.29) is 11.9 Å². The molecule has 0 unspecified atom stereocenters. The zero-order valence-electron chi connectivity index (χ0n) is 14.1. The predicted molar refractivity (Wildman–Crippen MR) is 90.2 cm³/mol. The number of urea groups is 1. The zero-order valence-corrected chi connectivity index (χ0v) is 14.1. The zero-order chi connectivity index (χ0) is 17.4. The number of rotatable bonds is 2. The molecule has 1 fully saturated rings. The number of aromatic nitrogens is 5. The molecule has 0 aliphatic carbocycles. The Bertz CT molecular complexity index is 916. The Morgan fingerprint density at radius 2 is 2.32 bits per heavy atom. The summed E-state index contributed by atoms with van der Waals surface area (Å²) in [6, 6.07) is 1.73. The van der Waals surface area contributed by atoms with Crippen LogP contribution in [0.5, 0.6) is 0 Å². The first-order chi connectivity index (χ1) is 12.1. The number of piperidine rings is 1. The van der Waals surface area contributed by atoms with Crippen molar-refractivity contribution in [3.8, 4) is 0 Å². The first-order valence-electron chi connectivity index (χ1n) is 8.27. The number of anilines is 1. The molecule has 9 nitrogen and oxygen atoms in total. The SMILES string of the molecule is Cc1noc([C@@H]2CCCN(C(=O)Nc3cnc4n[nH]c(C)c4c3)C2)n1. The van der Waals surface area contributed by atoms with E-state index in [0.29, 0.717) is 36.1 Å². The maximum atomic E-state index is 12.6. The summed E-state index contributed by atoms with van der Waals surface area (Å²) in [4.78, 5) is 22.9. The Labute approximate surface area is 143 Å². The molecule has 3 aromatic heterocycles. The Morgan fingerprint density at radius 1 is 1.44 bits per heavy atom. The number of fused-ring (bicyclic) bond motifs is 1. The maximum Gasteiger partial charge on any atom is 0.321 e. The van der Waals surface area contributed by atoms with Crippen LogP contribution < -0.4 is 5.32 Å². The first kappa shape index (κ1) is 15.6. The van der Waals surface area contributed by atoms with E-state index in [1.165, 1.54) is 0 Å². The highest BCUT2D eigenvalue weighted by Crippen LogP contribution is 2.26. The summed E-state index contributed by atoms with van der Waals surface area (Å²) >= 11 is 0. The van der Waals surface area contributed by atoms with Gasteiger partial charge >= 0.3 is 6.03 Å². The van der Waals surface area contributed by atoms with Crippen molar-refractivity contribution in [2.45, 2.75) is 32.6 Å². The standard InChI is InChI=1S/C16H19N7O2/c1-9-13-6-12(7-17-14(13)21-20-9)19-16(24)23-5-3-4-11(8-23)15-18-10(2)22-25-15/h6-7,11H,3-5,8H2,1-2H3,(H,19,24)(H,17,20,21)/t11-/m1/s1. The number of pyridine rings is 1. The lowest BCUT2D eigenvalue weighted by Gasteiger charge is -2.31. The summed E-state index contributed by atoms with van der Waals surface area (Å²) in [5.41, 5.74) is 2.21. The largest absolute Gasteiger partial charge is 0.339 e. The van der Waals surface area contributed by atoms with Gasteiger partial charge in [0.05, 0.1) is 17.8 Å². The van der Waals surface area contributed by atoms with E-state index in [1.54, 1.807) is 18.0 Å². The highest BCUT2D eigenvalue weighted by molar-refractivity contribution is 5.92. The minimum Gasteiger partial charge on any atom is -0.339 e. The summed E-state index contributed by atoms with van der Waals surface area (Å²) in [7, 11) is 0. The summed E-state index contributed by atoms with van der Waals surface area (Å²) in [5.74, 6) is 1.30. The van der Waals surface area contributed by atoms with Gasteiger partial charge in [0.2, 0.25) is 5.89 Å². The molecular formula is C16H19N7O2. The van der Waals surface area contributed by atoms with Crippen molar-refractivity contribution in [2.75, 3.05) is 18.4 Å². The number of amides is 2. The Balaban J connectivity index is 1.47. The molecule has 0 bridgehead atoms. The molecule has 0 radical (unpaired) electrons. The lowest BCUT2D eigenvalue weighted by atomic mass is 9.98. The van der Waals surface area contributed by atoms with Gasteiger partial charge in [-0.25, -0.2) is 9.78 Å². The van der Waals surface area contributed by atoms with Crippen LogP contribution in [0.3, 0.4) is 0 Å². The van der Waals surface area contributed by atoms with Gasteiger partial charge in [-0.1, -0.05) is 5.16 Å². The van der Waals surface area contributed by atoms with E-state index in [9.17, 15) is 4.79 Å². The van der Waals surface area contributed by atoms with Crippen molar-refractivity contribution >= 4 is 22.8 Å². The van der Waals surface area contributed by atoms with Crippen molar-refractivity contribution in [1.82, 2.24) is 30.2 Å². The van der Waals surface area contributed by atoms with Crippen LogP contribution in [0.25, 0.3) is 11.0 Å². The molecule has 3 aromatic rings. The first-order valence-corrected chi connectivity index (χ1v) is 8.27. The second-order valence-electron chi connectivity index (χ2n) is 6.34. The second-order valence-corrected chi connectivity index (χ2v) is 6.34. The third-order valence-electron chi connectivity index (χ3n) is 4.45. The smallest absolute Gasteiger partial charge is 0.321 e. The summed E-state index contributed by atoms with van der Waals surface area (Å²) in [6.45, 7) is 4.98. The molecule has 9 heteroatoms. The summed E-state index contributed by atoms with van der Waals surface area (Å²) in [6.07, 6.45) is 3.45. The number of carbonyl (C=O) groups excluding carboxylic acids is 1. The van der Waals surface area contributed by atoms with E-state index < -0.39 is 0 Å². The fourth-order valence-electron chi connectivity index (χ4n) is 3.13. The molecule has 1 aliphatic heterocycles. The van der Waals surface area contributed by atoms with E-state index in [0.717, 1.165) is 23.9 Å². The number of likely N-dealkylation sites (tertiary alicyclic amines) is 1. The number of carbonyl (C=O) groups is 1.